The number of benzene rings is 1. The molecule has 0 unspecified atom stereocenters. The smallest absolute Gasteiger partial charge is 0.187 e. The number of rotatable bonds is 2. The molecule has 1 aliphatic rings. The third kappa shape index (κ3) is 1.63. The Bertz CT molecular complexity index is 329. The lowest BCUT2D eigenvalue weighted by atomic mass is 9.96. The Morgan fingerprint density at radius 3 is 3.00 bits per heavy atom. The van der Waals surface area contributed by atoms with E-state index in [1.807, 2.05) is 0 Å². The molecule has 0 aromatic heterocycles. The fraction of sp³-hybridized carbons (Fsp3) is 0.364. The summed E-state index contributed by atoms with van der Waals surface area (Å²) in [6.45, 7) is 2.04. The summed E-state index contributed by atoms with van der Waals surface area (Å²) in [5.41, 5.74) is 8.14. The molecule has 13 heavy (non-hydrogen) atoms. The summed E-state index contributed by atoms with van der Waals surface area (Å²) in [5.74, 6) is 0. The van der Waals surface area contributed by atoms with E-state index in [0.29, 0.717) is 0 Å². The number of quaternary nitrogens is 1. The monoisotopic (exact) mass is 176 g/mol. The molecule has 2 rings (SSSR count). The molecule has 0 aliphatic carbocycles. The van der Waals surface area contributed by atoms with Gasteiger partial charge in [-0.2, -0.15) is 0 Å². The lowest BCUT2D eigenvalue weighted by Crippen LogP contribution is -2.76. The van der Waals surface area contributed by atoms with Crippen molar-refractivity contribution in [2.75, 3.05) is 13.1 Å². The maximum absolute atomic E-state index is 3.89. The molecule has 1 aromatic rings. The quantitative estimate of drug-likeness (QED) is 0.565. The van der Waals surface area contributed by atoms with E-state index in [1.54, 1.807) is 0 Å². The van der Waals surface area contributed by atoms with E-state index in [0.717, 1.165) is 25.9 Å². The van der Waals surface area contributed by atoms with Crippen LogP contribution in [0.25, 0.3) is 0 Å². The molecule has 0 saturated heterocycles. The number of nitrogens with one attached hydrogen (secondary N) is 1. The predicted octanol–water partition coefficient (Wildman–Crippen LogP) is -1.26. The van der Waals surface area contributed by atoms with Crippen LogP contribution in [0.5, 0.6) is 0 Å². The minimum absolute atomic E-state index is 0.969. The van der Waals surface area contributed by atoms with Crippen molar-refractivity contribution in [3.63, 3.8) is 0 Å². The van der Waals surface area contributed by atoms with Gasteiger partial charge in [-0.05, 0) is 11.6 Å². The van der Waals surface area contributed by atoms with Crippen LogP contribution in [0.4, 0.5) is 0 Å². The molecule has 0 atom stereocenters. The van der Waals surface area contributed by atoms with Gasteiger partial charge in [0.2, 0.25) is 0 Å². The van der Waals surface area contributed by atoms with Gasteiger partial charge in [-0.15, -0.1) is 0 Å². The first kappa shape index (κ1) is 8.45. The van der Waals surface area contributed by atoms with Crippen molar-refractivity contribution in [3.8, 4) is 0 Å². The molecule has 0 saturated carbocycles. The SMILES string of the molecule is [NH3+]CCC1=[NH+]CCc2ccccc21. The van der Waals surface area contributed by atoms with Crippen LogP contribution < -0.4 is 10.7 Å². The summed E-state index contributed by atoms with van der Waals surface area (Å²) in [5, 5.41) is 0. The summed E-state index contributed by atoms with van der Waals surface area (Å²) >= 11 is 0. The van der Waals surface area contributed by atoms with Crippen LogP contribution in [-0.4, -0.2) is 18.8 Å². The second-order valence-corrected chi connectivity index (χ2v) is 3.42. The Labute approximate surface area is 78.5 Å². The zero-order valence-corrected chi connectivity index (χ0v) is 7.84. The zero-order valence-electron chi connectivity index (χ0n) is 7.84. The van der Waals surface area contributed by atoms with Crippen molar-refractivity contribution >= 4 is 5.71 Å². The maximum atomic E-state index is 3.89. The first-order valence-corrected chi connectivity index (χ1v) is 4.89. The minimum Gasteiger partial charge on any atom is -0.357 e. The standard InChI is InChI=1S/C11H14N2/c12-7-5-11-10-4-2-1-3-9(10)6-8-13-11/h1-4H,5-8,12H2/p+2. The van der Waals surface area contributed by atoms with Crippen LogP contribution in [0.1, 0.15) is 17.5 Å². The van der Waals surface area contributed by atoms with E-state index in [1.165, 1.54) is 16.8 Å². The summed E-state index contributed by atoms with van der Waals surface area (Å²) in [4.78, 5) is 3.45. The van der Waals surface area contributed by atoms with E-state index in [-0.39, 0.29) is 0 Å². The second kappa shape index (κ2) is 3.71. The Kier molecular flexibility index (Phi) is 2.41. The van der Waals surface area contributed by atoms with E-state index < -0.39 is 0 Å². The number of hydrogen-bond acceptors (Lipinski definition) is 0. The first-order chi connectivity index (χ1) is 6.42. The number of hydrogen-bond donors (Lipinski definition) is 2. The fourth-order valence-corrected chi connectivity index (χ4v) is 1.88. The molecule has 4 N–H and O–H groups in total. The van der Waals surface area contributed by atoms with Crippen molar-refractivity contribution in [2.45, 2.75) is 12.8 Å². The van der Waals surface area contributed by atoms with Crippen molar-refractivity contribution in [3.05, 3.63) is 35.4 Å². The van der Waals surface area contributed by atoms with Gasteiger partial charge in [0.05, 0.1) is 13.0 Å². The molecule has 0 radical (unpaired) electrons. The molecule has 2 nitrogen and oxygen atoms in total. The fourth-order valence-electron chi connectivity index (χ4n) is 1.88. The van der Waals surface area contributed by atoms with Crippen molar-refractivity contribution in [2.24, 2.45) is 0 Å². The van der Waals surface area contributed by atoms with E-state index >= 15 is 0 Å². The Morgan fingerprint density at radius 2 is 2.15 bits per heavy atom. The second-order valence-electron chi connectivity index (χ2n) is 3.42. The highest BCUT2D eigenvalue weighted by molar-refractivity contribution is 5.98. The van der Waals surface area contributed by atoms with Crippen LogP contribution in [0.3, 0.4) is 0 Å². The third-order valence-corrected chi connectivity index (χ3v) is 2.50. The normalized spacial score (nSPS) is 15.0. The Morgan fingerprint density at radius 1 is 1.31 bits per heavy atom. The first-order valence-electron chi connectivity index (χ1n) is 4.89. The molecule has 0 fully saturated rings. The van der Waals surface area contributed by atoms with Crippen molar-refractivity contribution in [1.82, 2.24) is 0 Å². The van der Waals surface area contributed by atoms with E-state index in [4.69, 9.17) is 0 Å². The molecule has 0 amide bonds. The molecular formula is C11H16N2+2. The van der Waals surface area contributed by atoms with Gasteiger partial charge in [-0.1, -0.05) is 18.2 Å². The zero-order chi connectivity index (χ0) is 9.10. The minimum atomic E-state index is 0.969. The number of fused-ring (bicyclic) bond motifs is 1. The average molecular weight is 176 g/mol. The van der Waals surface area contributed by atoms with Gasteiger partial charge < -0.3 is 5.73 Å². The summed E-state index contributed by atoms with van der Waals surface area (Å²) in [6, 6.07) is 8.65. The Balaban J connectivity index is 2.36. The third-order valence-electron chi connectivity index (χ3n) is 2.50. The molecule has 1 aliphatic heterocycles. The van der Waals surface area contributed by atoms with Gasteiger partial charge in [0.25, 0.3) is 0 Å². The summed E-state index contributed by atoms with van der Waals surface area (Å²) in [7, 11) is 0. The summed E-state index contributed by atoms with van der Waals surface area (Å²) < 4.78 is 0. The largest absolute Gasteiger partial charge is 0.357 e. The lowest BCUT2D eigenvalue weighted by Gasteiger charge is -2.10. The Hall–Kier alpha value is -1.15. The van der Waals surface area contributed by atoms with Crippen LogP contribution in [0.15, 0.2) is 24.3 Å². The highest BCUT2D eigenvalue weighted by atomic mass is 14.8. The van der Waals surface area contributed by atoms with E-state index in [9.17, 15) is 0 Å². The van der Waals surface area contributed by atoms with Crippen molar-refractivity contribution in [1.29, 1.82) is 0 Å². The molecule has 68 valence electrons. The highest BCUT2D eigenvalue weighted by Gasteiger charge is 2.17. The van der Waals surface area contributed by atoms with Crippen LogP contribution in [0.2, 0.25) is 0 Å². The molecular weight excluding hydrogens is 160 g/mol. The lowest BCUT2D eigenvalue weighted by molar-refractivity contribution is -0.461. The van der Waals surface area contributed by atoms with Gasteiger partial charge in [0.15, 0.2) is 5.71 Å². The molecule has 1 heterocycles. The van der Waals surface area contributed by atoms with Crippen molar-refractivity contribution < 1.29 is 10.7 Å². The van der Waals surface area contributed by atoms with Crippen LogP contribution >= 0.6 is 0 Å². The van der Waals surface area contributed by atoms with Gasteiger partial charge in [0.1, 0.15) is 6.54 Å². The average Bonchev–Trinajstić information content (AvgIpc) is 2.19. The van der Waals surface area contributed by atoms with Crippen LogP contribution in [-0.2, 0) is 6.42 Å². The predicted molar refractivity (Wildman–Crippen MR) is 52.5 cm³/mol. The van der Waals surface area contributed by atoms with Gasteiger partial charge >= 0.3 is 0 Å². The van der Waals surface area contributed by atoms with Gasteiger partial charge in [-0.3, -0.25) is 0 Å². The molecule has 0 bridgehead atoms. The van der Waals surface area contributed by atoms with Gasteiger partial charge in [0, 0.05) is 12.0 Å². The molecule has 2 heteroatoms. The highest BCUT2D eigenvalue weighted by Crippen LogP contribution is 2.11. The topological polar surface area (TPSA) is 41.6 Å². The maximum Gasteiger partial charge on any atom is 0.187 e. The van der Waals surface area contributed by atoms with Gasteiger partial charge in [-0.25, -0.2) is 4.99 Å². The molecule has 1 aromatic carbocycles. The summed E-state index contributed by atoms with van der Waals surface area (Å²) in [6.07, 6.45) is 2.22. The van der Waals surface area contributed by atoms with E-state index in [2.05, 4.69) is 35.0 Å². The molecule has 0 spiro atoms. The van der Waals surface area contributed by atoms with Crippen LogP contribution in [0, 0.1) is 0 Å².